The molecule has 24 heavy (non-hydrogen) atoms. The van der Waals surface area contributed by atoms with Crippen molar-refractivity contribution in [2.75, 3.05) is 13.1 Å². The molecule has 2 aromatic rings. The van der Waals surface area contributed by atoms with Gasteiger partial charge in [-0.1, -0.05) is 18.2 Å². The van der Waals surface area contributed by atoms with Gasteiger partial charge in [-0.3, -0.25) is 9.59 Å². The van der Waals surface area contributed by atoms with E-state index in [1.165, 1.54) is 0 Å². The van der Waals surface area contributed by atoms with Crippen LogP contribution in [0.1, 0.15) is 42.6 Å². The number of aromatic amines is 1. The van der Waals surface area contributed by atoms with Crippen molar-refractivity contribution >= 4 is 22.7 Å². The van der Waals surface area contributed by atoms with E-state index in [0.717, 1.165) is 49.7 Å². The number of nitrogens with zero attached hydrogens (tertiary/aromatic N) is 1. The Labute approximate surface area is 141 Å². The molecule has 2 fully saturated rings. The number of para-hydroxylation sites is 1. The van der Waals surface area contributed by atoms with Crippen LogP contribution in [0.15, 0.2) is 30.3 Å². The number of nitrogens with one attached hydrogen (secondary N) is 2. The smallest absolute Gasteiger partial charge is 0.270 e. The highest BCUT2D eigenvalue weighted by Gasteiger charge is 2.28. The predicted molar refractivity (Wildman–Crippen MR) is 92.7 cm³/mol. The van der Waals surface area contributed by atoms with Gasteiger partial charge in [0.15, 0.2) is 0 Å². The Hall–Kier alpha value is -2.30. The molecule has 1 saturated carbocycles. The van der Waals surface area contributed by atoms with Crippen LogP contribution in [0, 0.1) is 5.92 Å². The Morgan fingerprint density at radius 2 is 1.88 bits per heavy atom. The number of benzene rings is 1. The number of carbonyl (C=O) groups is 2. The van der Waals surface area contributed by atoms with Gasteiger partial charge in [0.2, 0.25) is 5.91 Å². The van der Waals surface area contributed by atoms with Gasteiger partial charge in [0.25, 0.3) is 5.91 Å². The van der Waals surface area contributed by atoms with Gasteiger partial charge in [-0.25, -0.2) is 0 Å². The number of aromatic nitrogens is 1. The molecule has 126 valence electrons. The van der Waals surface area contributed by atoms with E-state index in [1.54, 1.807) is 0 Å². The van der Waals surface area contributed by atoms with Crippen molar-refractivity contribution in [3.63, 3.8) is 0 Å². The number of H-pyrrole nitrogens is 1. The summed E-state index contributed by atoms with van der Waals surface area (Å²) in [6.45, 7) is 1.46. The van der Waals surface area contributed by atoms with Crippen molar-refractivity contribution in [1.82, 2.24) is 15.2 Å². The molecule has 0 bridgehead atoms. The minimum atomic E-state index is 0.0621. The third-order valence-corrected chi connectivity index (χ3v) is 5.08. The molecule has 1 aromatic heterocycles. The molecule has 2 amide bonds. The number of hydrogen-bond acceptors (Lipinski definition) is 2. The highest BCUT2D eigenvalue weighted by Crippen LogP contribution is 2.24. The summed E-state index contributed by atoms with van der Waals surface area (Å²) in [6, 6.07) is 10.3. The second-order valence-corrected chi connectivity index (χ2v) is 7.05. The number of fused-ring (bicyclic) bond motifs is 1. The van der Waals surface area contributed by atoms with Crippen molar-refractivity contribution in [2.45, 2.75) is 38.1 Å². The molecule has 0 radical (unpaired) electrons. The molecule has 0 unspecified atom stereocenters. The lowest BCUT2D eigenvalue weighted by Gasteiger charge is -2.31. The van der Waals surface area contributed by atoms with E-state index in [0.29, 0.717) is 24.1 Å². The fraction of sp³-hybridized carbons (Fsp3) is 0.474. The fourth-order valence-corrected chi connectivity index (χ4v) is 3.48. The Bertz CT molecular complexity index is 722. The second kappa shape index (κ2) is 6.30. The standard InChI is InChI=1S/C19H23N3O2/c23-18(20-15-5-6-15)11-13-7-9-22(10-8-13)19(24)17-12-14-3-1-2-4-16(14)21-17/h1-4,12-13,15,21H,5-11H2,(H,20,23). The Morgan fingerprint density at radius 1 is 1.12 bits per heavy atom. The summed E-state index contributed by atoms with van der Waals surface area (Å²) >= 11 is 0. The van der Waals surface area contributed by atoms with Gasteiger partial charge in [0.05, 0.1) is 0 Å². The monoisotopic (exact) mass is 325 g/mol. The lowest BCUT2D eigenvalue weighted by molar-refractivity contribution is -0.122. The minimum Gasteiger partial charge on any atom is -0.353 e. The summed E-state index contributed by atoms with van der Waals surface area (Å²) < 4.78 is 0. The van der Waals surface area contributed by atoms with Crippen LogP contribution < -0.4 is 5.32 Å². The lowest BCUT2D eigenvalue weighted by Crippen LogP contribution is -2.40. The normalized spacial score (nSPS) is 18.8. The summed E-state index contributed by atoms with van der Waals surface area (Å²) in [6.07, 6.45) is 4.67. The largest absolute Gasteiger partial charge is 0.353 e. The van der Waals surface area contributed by atoms with Crippen molar-refractivity contribution in [3.8, 4) is 0 Å². The van der Waals surface area contributed by atoms with E-state index in [1.807, 2.05) is 35.2 Å². The third-order valence-electron chi connectivity index (χ3n) is 5.08. The summed E-state index contributed by atoms with van der Waals surface area (Å²) in [5, 5.41) is 4.11. The molecule has 5 nitrogen and oxygen atoms in total. The van der Waals surface area contributed by atoms with E-state index in [9.17, 15) is 9.59 Å². The molecule has 0 atom stereocenters. The maximum atomic E-state index is 12.7. The van der Waals surface area contributed by atoms with Crippen molar-refractivity contribution in [1.29, 1.82) is 0 Å². The first-order valence-electron chi connectivity index (χ1n) is 8.85. The Balaban J connectivity index is 1.33. The Morgan fingerprint density at radius 3 is 2.58 bits per heavy atom. The van der Waals surface area contributed by atoms with E-state index >= 15 is 0 Å². The minimum absolute atomic E-state index is 0.0621. The summed E-state index contributed by atoms with van der Waals surface area (Å²) in [7, 11) is 0. The van der Waals surface area contributed by atoms with Crippen molar-refractivity contribution in [3.05, 3.63) is 36.0 Å². The first kappa shape index (κ1) is 15.2. The highest BCUT2D eigenvalue weighted by molar-refractivity contribution is 5.98. The van der Waals surface area contributed by atoms with Crippen molar-refractivity contribution < 1.29 is 9.59 Å². The zero-order valence-electron chi connectivity index (χ0n) is 13.8. The molecule has 2 aliphatic rings. The number of rotatable bonds is 4. The Kier molecular flexibility index (Phi) is 4.00. The molecule has 1 saturated heterocycles. The fourth-order valence-electron chi connectivity index (χ4n) is 3.48. The van der Waals surface area contributed by atoms with Crippen LogP contribution in [0.25, 0.3) is 10.9 Å². The topological polar surface area (TPSA) is 65.2 Å². The molecule has 0 spiro atoms. The quantitative estimate of drug-likeness (QED) is 0.908. The van der Waals surface area contributed by atoms with Gasteiger partial charge in [-0.15, -0.1) is 0 Å². The van der Waals surface area contributed by atoms with Gasteiger partial charge in [0.1, 0.15) is 5.69 Å². The molecule has 1 aliphatic carbocycles. The second-order valence-electron chi connectivity index (χ2n) is 7.05. The number of piperidine rings is 1. The number of hydrogen-bond donors (Lipinski definition) is 2. The van der Waals surface area contributed by atoms with Crippen LogP contribution in [0.3, 0.4) is 0 Å². The van der Waals surface area contributed by atoms with E-state index in [4.69, 9.17) is 0 Å². The lowest BCUT2D eigenvalue weighted by atomic mass is 9.93. The number of amides is 2. The number of carbonyl (C=O) groups excluding carboxylic acids is 2. The van der Waals surface area contributed by atoms with Gasteiger partial charge < -0.3 is 15.2 Å². The summed E-state index contributed by atoms with van der Waals surface area (Å²) in [4.78, 5) is 29.7. The van der Waals surface area contributed by atoms with Gasteiger partial charge >= 0.3 is 0 Å². The van der Waals surface area contributed by atoms with E-state index in [2.05, 4.69) is 10.3 Å². The third kappa shape index (κ3) is 3.30. The van der Waals surface area contributed by atoms with Crippen LogP contribution >= 0.6 is 0 Å². The van der Waals surface area contributed by atoms with Crippen LogP contribution in [-0.2, 0) is 4.79 Å². The first-order valence-corrected chi connectivity index (χ1v) is 8.85. The molecule has 4 rings (SSSR count). The number of likely N-dealkylation sites (tertiary alicyclic amines) is 1. The molecular formula is C19H23N3O2. The summed E-state index contributed by atoms with van der Waals surface area (Å²) in [5.41, 5.74) is 1.65. The first-order chi connectivity index (χ1) is 11.7. The average Bonchev–Trinajstić information content (AvgIpc) is 3.29. The van der Waals surface area contributed by atoms with Crippen LogP contribution in [0.2, 0.25) is 0 Å². The van der Waals surface area contributed by atoms with Crippen molar-refractivity contribution in [2.24, 2.45) is 5.92 Å². The molecular weight excluding hydrogens is 302 g/mol. The zero-order chi connectivity index (χ0) is 16.5. The van der Waals surface area contributed by atoms with E-state index in [-0.39, 0.29) is 11.8 Å². The van der Waals surface area contributed by atoms with Gasteiger partial charge in [-0.05, 0) is 43.7 Å². The molecule has 1 aromatic carbocycles. The van der Waals surface area contributed by atoms with E-state index < -0.39 is 0 Å². The SMILES string of the molecule is O=C(CC1CCN(C(=O)c2cc3ccccc3[nH]2)CC1)NC1CC1. The van der Waals surface area contributed by atoms with Crippen LogP contribution in [0.4, 0.5) is 0 Å². The highest BCUT2D eigenvalue weighted by atomic mass is 16.2. The van der Waals surface area contributed by atoms with Gasteiger partial charge in [0, 0.05) is 36.5 Å². The maximum absolute atomic E-state index is 12.7. The predicted octanol–water partition coefficient (Wildman–Crippen LogP) is 2.69. The maximum Gasteiger partial charge on any atom is 0.270 e. The van der Waals surface area contributed by atoms with Crippen LogP contribution in [0.5, 0.6) is 0 Å². The average molecular weight is 325 g/mol. The van der Waals surface area contributed by atoms with Gasteiger partial charge in [-0.2, -0.15) is 0 Å². The molecule has 2 heterocycles. The van der Waals surface area contributed by atoms with Crippen LogP contribution in [-0.4, -0.2) is 40.8 Å². The molecule has 1 aliphatic heterocycles. The molecule has 5 heteroatoms. The molecule has 2 N–H and O–H groups in total. The zero-order valence-corrected chi connectivity index (χ0v) is 13.8. The summed E-state index contributed by atoms with van der Waals surface area (Å²) in [5.74, 6) is 0.639.